The van der Waals surface area contributed by atoms with Crippen LogP contribution in [0.2, 0.25) is 0 Å². The first-order valence-electron chi connectivity index (χ1n) is 13.8. The van der Waals surface area contributed by atoms with E-state index in [2.05, 4.69) is 47.3 Å². The lowest BCUT2D eigenvalue weighted by Gasteiger charge is -2.34. The van der Waals surface area contributed by atoms with Crippen LogP contribution in [-0.4, -0.2) is 61.0 Å². The van der Waals surface area contributed by atoms with Crippen LogP contribution in [0.25, 0.3) is 10.9 Å². The molecule has 0 spiro atoms. The van der Waals surface area contributed by atoms with Gasteiger partial charge in [0.15, 0.2) is 0 Å². The molecule has 0 aliphatic carbocycles. The van der Waals surface area contributed by atoms with Crippen LogP contribution in [0.3, 0.4) is 0 Å². The van der Waals surface area contributed by atoms with Crippen molar-refractivity contribution in [1.82, 2.24) is 15.2 Å². The molecule has 2 N–H and O–H groups in total. The number of carbonyl (C=O) groups is 2. The second-order valence-corrected chi connectivity index (χ2v) is 11.0. The number of amides is 2. The number of aryl methyl sites for hydroxylation is 1. The number of piperidine rings is 2. The number of nitrogens with one attached hydrogen (secondary N) is 2. The summed E-state index contributed by atoms with van der Waals surface area (Å²) in [4.78, 5) is 34.4. The van der Waals surface area contributed by atoms with Crippen molar-refractivity contribution in [2.24, 2.45) is 11.8 Å². The molecule has 7 nitrogen and oxygen atoms in total. The number of hydrogen-bond donors (Lipinski definition) is 2. The maximum Gasteiger partial charge on any atom is 0.224 e. The summed E-state index contributed by atoms with van der Waals surface area (Å²) in [6.07, 6.45) is 6.38. The van der Waals surface area contributed by atoms with Crippen molar-refractivity contribution >= 4 is 34.2 Å². The molecule has 0 saturated carbocycles. The highest BCUT2D eigenvalue weighted by Crippen LogP contribution is 2.27. The zero-order valence-corrected chi connectivity index (χ0v) is 22.3. The lowest BCUT2D eigenvalue weighted by Crippen LogP contribution is -2.40. The van der Waals surface area contributed by atoms with Crippen molar-refractivity contribution in [2.45, 2.75) is 65.7 Å². The van der Waals surface area contributed by atoms with Crippen molar-refractivity contribution in [2.75, 3.05) is 49.5 Å². The van der Waals surface area contributed by atoms with Crippen LogP contribution in [0, 0.1) is 18.8 Å². The molecule has 36 heavy (non-hydrogen) atoms. The predicted molar refractivity (Wildman–Crippen MR) is 147 cm³/mol. The number of nitrogens with zero attached hydrogens (tertiary/aromatic N) is 3. The normalized spacial score (nSPS) is 20.9. The van der Waals surface area contributed by atoms with Crippen molar-refractivity contribution in [3.05, 3.63) is 29.8 Å². The second kappa shape index (κ2) is 12.5. The summed E-state index contributed by atoms with van der Waals surface area (Å²) >= 11 is 0. The standard InChI is InChI=1S/C29H43N5O2/c1-21-16-22(2)20-33(19-21)13-7-12-30-28(35)10-11-29(36)31-24-8-9-26-25(18-24)23(3)17-27(32-26)34-14-5-4-6-15-34/h8-9,17-18,21-22H,4-7,10-16,19-20H2,1-3H3,(H,30,35)(H,31,36)/t21-,22+. The molecular formula is C29H43N5O2. The monoisotopic (exact) mass is 493 g/mol. The molecule has 1 aromatic carbocycles. The Morgan fingerprint density at radius 3 is 2.47 bits per heavy atom. The van der Waals surface area contributed by atoms with Gasteiger partial charge in [-0.3, -0.25) is 9.59 Å². The van der Waals surface area contributed by atoms with E-state index in [-0.39, 0.29) is 24.7 Å². The van der Waals surface area contributed by atoms with Crippen molar-refractivity contribution in [3.63, 3.8) is 0 Å². The van der Waals surface area contributed by atoms with E-state index in [1.54, 1.807) is 0 Å². The van der Waals surface area contributed by atoms with Gasteiger partial charge in [-0.15, -0.1) is 0 Å². The van der Waals surface area contributed by atoms with Crippen LogP contribution in [-0.2, 0) is 9.59 Å². The fourth-order valence-corrected chi connectivity index (χ4v) is 5.78. The van der Waals surface area contributed by atoms with E-state index in [0.29, 0.717) is 6.54 Å². The Morgan fingerprint density at radius 1 is 1.00 bits per heavy atom. The summed E-state index contributed by atoms with van der Waals surface area (Å²) in [5, 5.41) is 6.96. The summed E-state index contributed by atoms with van der Waals surface area (Å²) < 4.78 is 0. The first-order valence-corrected chi connectivity index (χ1v) is 13.8. The molecule has 0 radical (unpaired) electrons. The zero-order valence-electron chi connectivity index (χ0n) is 22.3. The minimum absolute atomic E-state index is 0.0608. The van der Waals surface area contributed by atoms with E-state index in [4.69, 9.17) is 4.98 Å². The Morgan fingerprint density at radius 2 is 1.72 bits per heavy atom. The van der Waals surface area contributed by atoms with E-state index in [9.17, 15) is 9.59 Å². The largest absolute Gasteiger partial charge is 0.357 e. The Labute approximate surface area is 216 Å². The van der Waals surface area contributed by atoms with Gasteiger partial charge in [0.2, 0.25) is 11.8 Å². The number of aromatic nitrogens is 1. The lowest BCUT2D eigenvalue weighted by atomic mass is 9.92. The molecule has 2 aliphatic heterocycles. The van der Waals surface area contributed by atoms with Gasteiger partial charge >= 0.3 is 0 Å². The van der Waals surface area contributed by atoms with E-state index in [0.717, 1.165) is 79.0 Å². The van der Waals surface area contributed by atoms with Gasteiger partial charge in [-0.25, -0.2) is 4.98 Å². The van der Waals surface area contributed by atoms with Crippen LogP contribution >= 0.6 is 0 Å². The Kier molecular flexibility index (Phi) is 9.19. The molecule has 2 aromatic rings. The van der Waals surface area contributed by atoms with Crippen LogP contribution in [0.4, 0.5) is 11.5 Å². The van der Waals surface area contributed by atoms with Gasteiger partial charge in [-0.05, 0) is 87.2 Å². The highest BCUT2D eigenvalue weighted by molar-refractivity contribution is 5.96. The SMILES string of the molecule is Cc1cc(N2CCCCC2)nc2ccc(NC(=O)CCC(=O)NCCCN3C[C@H](C)C[C@H](C)C3)cc12. The van der Waals surface area contributed by atoms with Crippen LogP contribution in [0.1, 0.15) is 64.4 Å². The van der Waals surface area contributed by atoms with E-state index >= 15 is 0 Å². The Balaban J connectivity index is 1.20. The number of benzene rings is 1. The van der Waals surface area contributed by atoms with Gasteiger partial charge in [-0.2, -0.15) is 0 Å². The summed E-state index contributed by atoms with van der Waals surface area (Å²) in [5.41, 5.74) is 2.85. The molecule has 1 aromatic heterocycles. The topological polar surface area (TPSA) is 77.6 Å². The Hall–Kier alpha value is -2.67. The van der Waals surface area contributed by atoms with Crippen molar-refractivity contribution in [3.8, 4) is 0 Å². The number of pyridine rings is 1. The van der Waals surface area contributed by atoms with Gasteiger partial charge in [0, 0.05) is 56.6 Å². The minimum atomic E-state index is -0.142. The number of fused-ring (bicyclic) bond motifs is 1. The van der Waals surface area contributed by atoms with E-state index in [1.165, 1.54) is 25.7 Å². The molecule has 196 valence electrons. The molecular weight excluding hydrogens is 450 g/mol. The van der Waals surface area contributed by atoms with Gasteiger partial charge in [0.1, 0.15) is 5.82 Å². The average molecular weight is 494 g/mol. The first kappa shape index (κ1) is 26.4. The van der Waals surface area contributed by atoms with E-state index < -0.39 is 0 Å². The summed E-state index contributed by atoms with van der Waals surface area (Å²) in [5.74, 6) is 2.34. The molecule has 2 aliphatic rings. The third-order valence-corrected chi connectivity index (χ3v) is 7.46. The zero-order chi connectivity index (χ0) is 25.5. The highest BCUT2D eigenvalue weighted by Gasteiger charge is 2.21. The third-order valence-electron chi connectivity index (χ3n) is 7.46. The third kappa shape index (κ3) is 7.42. The molecule has 0 unspecified atom stereocenters. The fraction of sp³-hybridized carbons (Fsp3) is 0.621. The number of carbonyl (C=O) groups excluding carboxylic acids is 2. The molecule has 2 saturated heterocycles. The Bertz CT molecular complexity index is 1040. The molecule has 2 amide bonds. The van der Waals surface area contributed by atoms with E-state index in [1.807, 2.05) is 18.2 Å². The molecule has 3 heterocycles. The summed E-state index contributed by atoms with van der Waals surface area (Å²) in [6.45, 7) is 12.9. The van der Waals surface area contributed by atoms with Crippen molar-refractivity contribution < 1.29 is 9.59 Å². The number of hydrogen-bond acceptors (Lipinski definition) is 5. The molecule has 2 atom stereocenters. The smallest absolute Gasteiger partial charge is 0.224 e. The lowest BCUT2D eigenvalue weighted by molar-refractivity contribution is -0.124. The van der Waals surface area contributed by atoms with Crippen LogP contribution in [0.15, 0.2) is 24.3 Å². The summed E-state index contributed by atoms with van der Waals surface area (Å²) in [6, 6.07) is 8.00. The molecule has 4 rings (SSSR count). The van der Waals surface area contributed by atoms with Crippen LogP contribution in [0.5, 0.6) is 0 Å². The highest BCUT2D eigenvalue weighted by atomic mass is 16.2. The van der Waals surface area contributed by atoms with Gasteiger partial charge in [0.05, 0.1) is 5.52 Å². The van der Waals surface area contributed by atoms with Crippen LogP contribution < -0.4 is 15.5 Å². The van der Waals surface area contributed by atoms with Gasteiger partial charge < -0.3 is 20.4 Å². The maximum atomic E-state index is 12.5. The quantitative estimate of drug-likeness (QED) is 0.494. The molecule has 0 bridgehead atoms. The minimum Gasteiger partial charge on any atom is -0.357 e. The van der Waals surface area contributed by atoms with Gasteiger partial charge in [-0.1, -0.05) is 13.8 Å². The number of likely N-dealkylation sites (tertiary alicyclic amines) is 1. The molecule has 2 fully saturated rings. The maximum absolute atomic E-state index is 12.5. The predicted octanol–water partition coefficient (Wildman–Crippen LogP) is 4.74. The molecule has 7 heteroatoms. The van der Waals surface area contributed by atoms with Crippen molar-refractivity contribution in [1.29, 1.82) is 0 Å². The fourth-order valence-electron chi connectivity index (χ4n) is 5.78. The first-order chi connectivity index (χ1) is 17.4. The number of anilines is 2. The summed E-state index contributed by atoms with van der Waals surface area (Å²) in [7, 11) is 0. The average Bonchev–Trinajstić information content (AvgIpc) is 2.85. The van der Waals surface area contributed by atoms with Gasteiger partial charge in [0.25, 0.3) is 0 Å². The second-order valence-electron chi connectivity index (χ2n) is 11.0. The number of rotatable bonds is 9.